The molecule has 0 aromatic heterocycles. The second-order valence-corrected chi connectivity index (χ2v) is 5.96. The zero-order valence-electron chi connectivity index (χ0n) is 15.2. The summed E-state index contributed by atoms with van der Waals surface area (Å²) in [5.41, 5.74) is 2.51. The van der Waals surface area contributed by atoms with Gasteiger partial charge in [-0.3, -0.25) is 4.79 Å². The van der Waals surface area contributed by atoms with E-state index in [-0.39, 0.29) is 11.9 Å². The standard InChI is InChI=1S/C20H25NO4/c1-14-6-5-7-18(10-14)25-13-17-11-16(8-9-19(17)24-4)20(22)21-15(2)12-23-3/h5-11,15H,12-13H2,1-4H3,(H,21,22)/t15-/m1/s1. The Morgan fingerprint density at radius 3 is 2.64 bits per heavy atom. The molecule has 0 aliphatic heterocycles. The van der Waals surface area contributed by atoms with Crippen molar-refractivity contribution in [1.82, 2.24) is 5.32 Å². The van der Waals surface area contributed by atoms with Gasteiger partial charge in [-0.25, -0.2) is 0 Å². The maximum atomic E-state index is 12.4. The van der Waals surface area contributed by atoms with E-state index in [1.807, 2.05) is 38.1 Å². The molecule has 0 fully saturated rings. The van der Waals surface area contributed by atoms with Crippen molar-refractivity contribution in [2.24, 2.45) is 0 Å². The molecule has 2 aromatic carbocycles. The van der Waals surface area contributed by atoms with Gasteiger partial charge in [-0.05, 0) is 49.7 Å². The first-order valence-corrected chi connectivity index (χ1v) is 8.19. The molecule has 0 heterocycles. The van der Waals surface area contributed by atoms with Gasteiger partial charge in [0.25, 0.3) is 5.91 Å². The number of hydrogen-bond donors (Lipinski definition) is 1. The molecule has 0 aliphatic rings. The van der Waals surface area contributed by atoms with Crippen molar-refractivity contribution >= 4 is 5.91 Å². The smallest absolute Gasteiger partial charge is 0.251 e. The van der Waals surface area contributed by atoms with Gasteiger partial charge in [-0.15, -0.1) is 0 Å². The summed E-state index contributed by atoms with van der Waals surface area (Å²) in [6, 6.07) is 13.1. The molecule has 0 spiro atoms. The summed E-state index contributed by atoms with van der Waals surface area (Å²) in [5, 5.41) is 2.90. The molecule has 0 unspecified atom stereocenters. The van der Waals surface area contributed by atoms with Gasteiger partial charge >= 0.3 is 0 Å². The SMILES string of the molecule is COC[C@@H](C)NC(=O)c1ccc(OC)c(COc2cccc(C)c2)c1. The van der Waals surface area contributed by atoms with E-state index in [2.05, 4.69) is 5.32 Å². The molecule has 2 aromatic rings. The van der Waals surface area contributed by atoms with Gasteiger partial charge in [0.2, 0.25) is 0 Å². The van der Waals surface area contributed by atoms with Gasteiger partial charge in [-0.1, -0.05) is 12.1 Å². The molecular weight excluding hydrogens is 318 g/mol. The highest BCUT2D eigenvalue weighted by Crippen LogP contribution is 2.23. The molecule has 5 nitrogen and oxygen atoms in total. The molecule has 1 atom stereocenters. The first-order valence-electron chi connectivity index (χ1n) is 8.19. The van der Waals surface area contributed by atoms with Crippen LogP contribution in [-0.4, -0.2) is 32.8 Å². The Morgan fingerprint density at radius 1 is 1.16 bits per heavy atom. The summed E-state index contributed by atoms with van der Waals surface area (Å²) in [5.74, 6) is 1.32. The molecule has 0 radical (unpaired) electrons. The van der Waals surface area contributed by atoms with Crippen LogP contribution in [0.2, 0.25) is 0 Å². The van der Waals surface area contributed by atoms with Crippen LogP contribution in [0.1, 0.15) is 28.4 Å². The maximum absolute atomic E-state index is 12.4. The van der Waals surface area contributed by atoms with Gasteiger partial charge in [0, 0.05) is 24.3 Å². The van der Waals surface area contributed by atoms with E-state index < -0.39 is 0 Å². The van der Waals surface area contributed by atoms with Crippen LogP contribution < -0.4 is 14.8 Å². The number of carbonyl (C=O) groups is 1. The van der Waals surface area contributed by atoms with E-state index in [4.69, 9.17) is 14.2 Å². The number of ether oxygens (including phenoxy) is 3. The quantitative estimate of drug-likeness (QED) is 0.799. The first kappa shape index (κ1) is 18.8. The maximum Gasteiger partial charge on any atom is 0.251 e. The first-order chi connectivity index (χ1) is 12.0. The number of amides is 1. The minimum atomic E-state index is -0.149. The number of nitrogens with one attached hydrogen (secondary N) is 1. The highest BCUT2D eigenvalue weighted by Gasteiger charge is 2.13. The molecule has 25 heavy (non-hydrogen) atoms. The lowest BCUT2D eigenvalue weighted by molar-refractivity contribution is 0.0905. The third-order valence-electron chi connectivity index (χ3n) is 3.72. The van der Waals surface area contributed by atoms with Crippen LogP contribution in [0.15, 0.2) is 42.5 Å². The second-order valence-electron chi connectivity index (χ2n) is 5.96. The molecule has 0 saturated heterocycles. The summed E-state index contributed by atoms with van der Waals surface area (Å²) in [6.07, 6.45) is 0. The van der Waals surface area contributed by atoms with Crippen molar-refractivity contribution < 1.29 is 19.0 Å². The minimum absolute atomic E-state index is 0.0633. The Labute approximate surface area is 148 Å². The lowest BCUT2D eigenvalue weighted by Crippen LogP contribution is -2.35. The van der Waals surface area contributed by atoms with E-state index in [0.717, 1.165) is 16.9 Å². The molecule has 1 N–H and O–H groups in total. The average Bonchev–Trinajstić information content (AvgIpc) is 2.60. The molecule has 0 aliphatic carbocycles. The molecule has 0 bridgehead atoms. The molecule has 2 rings (SSSR count). The molecule has 5 heteroatoms. The minimum Gasteiger partial charge on any atom is -0.496 e. The van der Waals surface area contributed by atoms with E-state index in [9.17, 15) is 4.79 Å². The summed E-state index contributed by atoms with van der Waals surface area (Å²) >= 11 is 0. The van der Waals surface area contributed by atoms with Crippen molar-refractivity contribution in [3.05, 3.63) is 59.2 Å². The summed E-state index contributed by atoms with van der Waals surface area (Å²) < 4.78 is 16.3. The fraction of sp³-hybridized carbons (Fsp3) is 0.350. The Kier molecular flexibility index (Phi) is 6.83. The number of benzene rings is 2. The zero-order chi connectivity index (χ0) is 18.2. The Bertz CT molecular complexity index is 715. The lowest BCUT2D eigenvalue weighted by atomic mass is 10.1. The average molecular weight is 343 g/mol. The number of rotatable bonds is 8. The molecule has 1 amide bonds. The van der Waals surface area contributed by atoms with Crippen molar-refractivity contribution in [3.8, 4) is 11.5 Å². The topological polar surface area (TPSA) is 56.8 Å². The summed E-state index contributed by atoms with van der Waals surface area (Å²) in [6.45, 7) is 4.69. The van der Waals surface area contributed by atoms with E-state index in [0.29, 0.717) is 24.5 Å². The van der Waals surface area contributed by atoms with Crippen molar-refractivity contribution in [2.45, 2.75) is 26.5 Å². The highest BCUT2D eigenvalue weighted by atomic mass is 16.5. The van der Waals surface area contributed by atoms with Crippen molar-refractivity contribution in [3.63, 3.8) is 0 Å². The zero-order valence-corrected chi connectivity index (χ0v) is 15.2. The van der Waals surface area contributed by atoms with Gasteiger partial charge in [-0.2, -0.15) is 0 Å². The number of carbonyl (C=O) groups excluding carboxylic acids is 1. The molecular formula is C20H25NO4. The lowest BCUT2D eigenvalue weighted by Gasteiger charge is -2.15. The monoisotopic (exact) mass is 343 g/mol. The van der Waals surface area contributed by atoms with Crippen LogP contribution in [0.5, 0.6) is 11.5 Å². The van der Waals surface area contributed by atoms with Gasteiger partial charge in [0.15, 0.2) is 0 Å². The van der Waals surface area contributed by atoms with E-state index in [1.54, 1.807) is 32.4 Å². The number of aryl methyl sites for hydroxylation is 1. The fourth-order valence-electron chi connectivity index (χ4n) is 2.50. The largest absolute Gasteiger partial charge is 0.496 e. The van der Waals surface area contributed by atoms with Crippen LogP contribution in [0, 0.1) is 6.92 Å². The van der Waals surface area contributed by atoms with Gasteiger partial charge in [0.05, 0.1) is 13.7 Å². The van der Waals surface area contributed by atoms with Gasteiger partial charge in [0.1, 0.15) is 18.1 Å². The van der Waals surface area contributed by atoms with Gasteiger partial charge < -0.3 is 19.5 Å². The van der Waals surface area contributed by atoms with E-state index >= 15 is 0 Å². The number of methoxy groups -OCH3 is 2. The van der Waals surface area contributed by atoms with Crippen LogP contribution >= 0.6 is 0 Å². The predicted octanol–water partition coefficient (Wildman–Crippen LogP) is 3.35. The summed E-state index contributed by atoms with van der Waals surface area (Å²) in [7, 11) is 3.21. The van der Waals surface area contributed by atoms with Crippen LogP contribution in [0.4, 0.5) is 0 Å². The predicted molar refractivity (Wildman–Crippen MR) is 97.3 cm³/mol. The third kappa shape index (κ3) is 5.50. The Balaban J connectivity index is 2.12. The molecule has 134 valence electrons. The number of hydrogen-bond acceptors (Lipinski definition) is 4. The molecule has 0 saturated carbocycles. The van der Waals surface area contributed by atoms with E-state index in [1.165, 1.54) is 0 Å². The Hall–Kier alpha value is -2.53. The normalized spacial score (nSPS) is 11.7. The Morgan fingerprint density at radius 2 is 1.96 bits per heavy atom. The van der Waals surface area contributed by atoms with Crippen molar-refractivity contribution in [2.75, 3.05) is 20.8 Å². The second kappa shape index (κ2) is 9.08. The third-order valence-corrected chi connectivity index (χ3v) is 3.72. The van der Waals surface area contributed by atoms with Crippen LogP contribution in [0.25, 0.3) is 0 Å². The van der Waals surface area contributed by atoms with Crippen LogP contribution in [-0.2, 0) is 11.3 Å². The summed E-state index contributed by atoms with van der Waals surface area (Å²) in [4.78, 5) is 12.4. The highest BCUT2D eigenvalue weighted by molar-refractivity contribution is 5.94. The fourth-order valence-corrected chi connectivity index (χ4v) is 2.50. The van der Waals surface area contributed by atoms with Crippen LogP contribution in [0.3, 0.4) is 0 Å². The van der Waals surface area contributed by atoms with Crippen molar-refractivity contribution in [1.29, 1.82) is 0 Å².